The Balaban J connectivity index is 1.80. The van der Waals surface area contributed by atoms with Gasteiger partial charge in [-0.2, -0.15) is 22.1 Å². The predicted octanol–water partition coefficient (Wildman–Crippen LogP) is 2.34. The number of carbonyl (C=O) groups is 1. The highest BCUT2D eigenvalue weighted by molar-refractivity contribution is 7.99. The van der Waals surface area contributed by atoms with E-state index in [1.165, 1.54) is 6.07 Å². The average molecular weight is 350 g/mol. The average Bonchev–Trinajstić information content (AvgIpc) is 3.08. The summed E-state index contributed by atoms with van der Waals surface area (Å²) in [6.45, 7) is 4.50. The van der Waals surface area contributed by atoms with Gasteiger partial charge in [-0.15, -0.1) is 5.10 Å². The zero-order chi connectivity index (χ0) is 16.9. The highest BCUT2D eigenvalue weighted by atomic mass is 32.2. The standard InChI is InChI=1S/C16H19FN4O2S/c1-2-23-16(22)15-14(18-20-19-15)11-3-4-12(13(17)9-11)10-21-5-7-24-8-6-21/h3-4,9H,2,5-8,10H2,1H3,(H,18,19,20). The molecular formula is C16H19FN4O2S. The summed E-state index contributed by atoms with van der Waals surface area (Å²) < 4.78 is 19.4. The van der Waals surface area contributed by atoms with Gasteiger partial charge in [0.05, 0.1) is 6.61 Å². The molecule has 6 nitrogen and oxygen atoms in total. The van der Waals surface area contributed by atoms with Gasteiger partial charge < -0.3 is 4.74 Å². The summed E-state index contributed by atoms with van der Waals surface area (Å²) in [6.07, 6.45) is 0. The van der Waals surface area contributed by atoms with Crippen LogP contribution in [0.5, 0.6) is 0 Å². The Morgan fingerprint density at radius 2 is 2.17 bits per heavy atom. The van der Waals surface area contributed by atoms with E-state index < -0.39 is 5.97 Å². The fraction of sp³-hybridized carbons (Fsp3) is 0.438. The molecule has 0 radical (unpaired) electrons. The number of benzene rings is 1. The second-order valence-corrected chi connectivity index (χ2v) is 6.66. The van der Waals surface area contributed by atoms with Crippen LogP contribution < -0.4 is 0 Å². The molecule has 1 N–H and O–H groups in total. The molecule has 1 aromatic carbocycles. The van der Waals surface area contributed by atoms with Gasteiger partial charge in [0.1, 0.15) is 11.5 Å². The summed E-state index contributed by atoms with van der Waals surface area (Å²) >= 11 is 1.92. The SMILES string of the molecule is CCOC(=O)c1n[nH]nc1-c1ccc(CN2CCSCC2)c(F)c1. The highest BCUT2D eigenvalue weighted by Crippen LogP contribution is 2.24. The third-order valence-electron chi connectivity index (χ3n) is 3.84. The number of H-pyrrole nitrogens is 1. The lowest BCUT2D eigenvalue weighted by atomic mass is 10.1. The Kier molecular flexibility index (Phi) is 5.47. The number of aromatic nitrogens is 3. The van der Waals surface area contributed by atoms with Crippen molar-refractivity contribution in [2.24, 2.45) is 0 Å². The van der Waals surface area contributed by atoms with Crippen LogP contribution in [0, 0.1) is 5.82 Å². The van der Waals surface area contributed by atoms with Crippen molar-refractivity contribution in [2.75, 3.05) is 31.2 Å². The lowest BCUT2D eigenvalue weighted by Gasteiger charge is -2.26. The molecule has 0 amide bonds. The molecular weight excluding hydrogens is 331 g/mol. The first-order valence-corrected chi connectivity index (χ1v) is 9.01. The maximum Gasteiger partial charge on any atom is 0.361 e. The molecule has 0 unspecified atom stereocenters. The lowest BCUT2D eigenvalue weighted by molar-refractivity contribution is 0.0520. The molecule has 8 heteroatoms. The number of carbonyl (C=O) groups excluding carboxylic acids is 1. The van der Waals surface area contributed by atoms with Crippen molar-refractivity contribution in [3.05, 3.63) is 35.3 Å². The van der Waals surface area contributed by atoms with Crippen molar-refractivity contribution < 1.29 is 13.9 Å². The maximum atomic E-state index is 14.5. The summed E-state index contributed by atoms with van der Waals surface area (Å²) in [4.78, 5) is 14.1. The fourth-order valence-electron chi connectivity index (χ4n) is 2.60. The molecule has 0 bridgehead atoms. The Bertz CT molecular complexity index is 716. The molecule has 1 aromatic heterocycles. The maximum absolute atomic E-state index is 14.5. The molecule has 0 saturated carbocycles. The number of hydrogen-bond acceptors (Lipinski definition) is 6. The second kappa shape index (κ2) is 7.76. The molecule has 24 heavy (non-hydrogen) atoms. The zero-order valence-corrected chi connectivity index (χ0v) is 14.2. The molecule has 1 fully saturated rings. The van der Waals surface area contributed by atoms with E-state index in [2.05, 4.69) is 20.3 Å². The van der Waals surface area contributed by atoms with Gasteiger partial charge in [-0.3, -0.25) is 4.90 Å². The van der Waals surface area contributed by atoms with Gasteiger partial charge in [-0.1, -0.05) is 12.1 Å². The van der Waals surface area contributed by atoms with E-state index in [4.69, 9.17) is 4.74 Å². The molecule has 2 aromatic rings. The number of esters is 1. The van der Waals surface area contributed by atoms with Crippen molar-refractivity contribution in [1.82, 2.24) is 20.3 Å². The van der Waals surface area contributed by atoms with Crippen LogP contribution in [0.4, 0.5) is 4.39 Å². The topological polar surface area (TPSA) is 71.1 Å². The van der Waals surface area contributed by atoms with E-state index in [1.54, 1.807) is 19.1 Å². The predicted molar refractivity (Wildman–Crippen MR) is 90.3 cm³/mol. The summed E-state index contributed by atoms with van der Waals surface area (Å²) in [6, 6.07) is 4.91. The first-order chi connectivity index (χ1) is 11.7. The number of hydrogen-bond donors (Lipinski definition) is 1. The zero-order valence-electron chi connectivity index (χ0n) is 13.4. The van der Waals surface area contributed by atoms with Crippen molar-refractivity contribution in [3.8, 4) is 11.3 Å². The Labute approximate surface area is 143 Å². The van der Waals surface area contributed by atoms with Crippen LogP contribution >= 0.6 is 11.8 Å². The number of ether oxygens (including phenoxy) is 1. The summed E-state index contributed by atoms with van der Waals surface area (Å²) in [5.41, 5.74) is 1.51. The van der Waals surface area contributed by atoms with E-state index >= 15 is 0 Å². The number of nitrogens with one attached hydrogen (secondary N) is 1. The Hall–Kier alpha value is -1.93. The smallest absolute Gasteiger partial charge is 0.361 e. The quantitative estimate of drug-likeness (QED) is 0.835. The number of aromatic amines is 1. The molecule has 128 valence electrons. The minimum Gasteiger partial charge on any atom is -0.461 e. The first kappa shape index (κ1) is 16.9. The summed E-state index contributed by atoms with van der Waals surface area (Å²) in [5, 5.41) is 10.2. The van der Waals surface area contributed by atoms with Gasteiger partial charge in [0.15, 0.2) is 5.69 Å². The minimum atomic E-state index is -0.573. The van der Waals surface area contributed by atoms with Gasteiger partial charge in [0.25, 0.3) is 0 Å². The van der Waals surface area contributed by atoms with Gasteiger partial charge in [-0.05, 0) is 13.0 Å². The first-order valence-electron chi connectivity index (χ1n) is 7.86. The van der Waals surface area contributed by atoms with Gasteiger partial charge in [0.2, 0.25) is 0 Å². The van der Waals surface area contributed by atoms with E-state index in [9.17, 15) is 9.18 Å². The van der Waals surface area contributed by atoms with E-state index in [1.807, 2.05) is 11.8 Å². The van der Waals surface area contributed by atoms with Crippen LogP contribution in [0.3, 0.4) is 0 Å². The van der Waals surface area contributed by atoms with Gasteiger partial charge in [0, 0.05) is 42.3 Å². The van der Waals surface area contributed by atoms with Crippen LogP contribution in [0.15, 0.2) is 18.2 Å². The molecule has 2 heterocycles. The largest absolute Gasteiger partial charge is 0.461 e. The second-order valence-electron chi connectivity index (χ2n) is 5.44. The fourth-order valence-corrected chi connectivity index (χ4v) is 3.58. The van der Waals surface area contributed by atoms with Crippen molar-refractivity contribution in [3.63, 3.8) is 0 Å². The molecule has 1 aliphatic heterocycles. The minimum absolute atomic E-state index is 0.0667. The van der Waals surface area contributed by atoms with Crippen LogP contribution in [-0.4, -0.2) is 57.5 Å². The van der Waals surface area contributed by atoms with Crippen LogP contribution in [0.2, 0.25) is 0 Å². The Morgan fingerprint density at radius 1 is 1.38 bits per heavy atom. The van der Waals surface area contributed by atoms with Crippen molar-refractivity contribution >= 4 is 17.7 Å². The summed E-state index contributed by atoms with van der Waals surface area (Å²) in [7, 11) is 0. The number of nitrogens with zero attached hydrogens (tertiary/aromatic N) is 3. The number of rotatable bonds is 5. The van der Waals surface area contributed by atoms with Crippen LogP contribution in [0.25, 0.3) is 11.3 Å². The van der Waals surface area contributed by atoms with Crippen molar-refractivity contribution in [2.45, 2.75) is 13.5 Å². The summed E-state index contributed by atoms with van der Waals surface area (Å²) in [5.74, 6) is 1.29. The molecule has 1 saturated heterocycles. The molecule has 0 atom stereocenters. The molecule has 1 aliphatic rings. The van der Waals surface area contributed by atoms with E-state index in [0.29, 0.717) is 23.4 Å². The molecule has 0 spiro atoms. The van der Waals surface area contributed by atoms with Gasteiger partial charge in [-0.25, -0.2) is 9.18 Å². The Morgan fingerprint density at radius 3 is 2.88 bits per heavy atom. The third-order valence-corrected chi connectivity index (χ3v) is 4.78. The molecule has 3 rings (SSSR count). The third kappa shape index (κ3) is 3.76. The van der Waals surface area contributed by atoms with Crippen molar-refractivity contribution in [1.29, 1.82) is 0 Å². The number of thioether (sulfide) groups is 1. The van der Waals surface area contributed by atoms with Crippen LogP contribution in [-0.2, 0) is 11.3 Å². The van der Waals surface area contributed by atoms with Crippen LogP contribution in [0.1, 0.15) is 23.0 Å². The lowest BCUT2D eigenvalue weighted by Crippen LogP contribution is -2.32. The monoisotopic (exact) mass is 350 g/mol. The molecule has 0 aliphatic carbocycles. The van der Waals surface area contributed by atoms with E-state index in [-0.39, 0.29) is 18.1 Å². The van der Waals surface area contributed by atoms with Gasteiger partial charge >= 0.3 is 5.97 Å². The highest BCUT2D eigenvalue weighted by Gasteiger charge is 2.20. The number of halogens is 1. The van der Waals surface area contributed by atoms with E-state index in [0.717, 1.165) is 24.6 Å². The normalized spacial score (nSPS) is 15.4.